The zero-order valence-corrected chi connectivity index (χ0v) is 9.02. The van der Waals surface area contributed by atoms with Crippen LogP contribution in [0.15, 0.2) is 18.2 Å². The number of nitrogens with zero attached hydrogens (tertiary/aromatic N) is 1. The lowest BCUT2D eigenvalue weighted by Gasteiger charge is -2.06. The van der Waals surface area contributed by atoms with Crippen LogP contribution in [0.4, 0.5) is 5.69 Å². The Hall–Kier alpha value is -1.95. The first kappa shape index (κ1) is 12.1. The molecule has 0 heterocycles. The molecule has 0 spiro atoms. The molecular formula is C10H12N2O4. The van der Waals surface area contributed by atoms with Gasteiger partial charge in [0.2, 0.25) is 0 Å². The number of nitro benzene ring substituents is 1. The smallest absolute Gasteiger partial charge is 0.274 e. The van der Waals surface area contributed by atoms with E-state index in [1.807, 2.05) is 0 Å². The van der Waals surface area contributed by atoms with Gasteiger partial charge < -0.3 is 0 Å². The van der Waals surface area contributed by atoms with E-state index in [2.05, 4.69) is 5.48 Å². The van der Waals surface area contributed by atoms with E-state index >= 15 is 0 Å². The van der Waals surface area contributed by atoms with Gasteiger partial charge in [-0.2, -0.15) is 0 Å². The van der Waals surface area contributed by atoms with E-state index in [4.69, 9.17) is 4.84 Å². The van der Waals surface area contributed by atoms with Crippen LogP contribution in [0.3, 0.4) is 0 Å². The molecule has 0 aromatic heterocycles. The number of hydroxylamine groups is 1. The van der Waals surface area contributed by atoms with Crippen LogP contribution in [0.25, 0.3) is 0 Å². The van der Waals surface area contributed by atoms with Gasteiger partial charge in [0.05, 0.1) is 17.1 Å². The Labute approximate surface area is 92.3 Å². The molecule has 0 fully saturated rings. The summed E-state index contributed by atoms with van der Waals surface area (Å²) in [5.74, 6) is -0.483. The molecule has 86 valence electrons. The SMILES string of the molecule is CCONC(=O)c1cc([N+](=O)[O-])ccc1C. The van der Waals surface area contributed by atoms with E-state index in [9.17, 15) is 14.9 Å². The summed E-state index contributed by atoms with van der Waals surface area (Å²) in [6, 6.07) is 4.11. The van der Waals surface area contributed by atoms with Crippen molar-refractivity contribution in [3.8, 4) is 0 Å². The highest BCUT2D eigenvalue weighted by molar-refractivity contribution is 5.95. The number of aryl methyl sites for hydroxylation is 1. The van der Waals surface area contributed by atoms with E-state index in [0.717, 1.165) is 0 Å². The topological polar surface area (TPSA) is 81.5 Å². The molecule has 1 N–H and O–H groups in total. The summed E-state index contributed by atoms with van der Waals surface area (Å²) in [5.41, 5.74) is 2.97. The fourth-order valence-corrected chi connectivity index (χ4v) is 1.16. The first-order valence-electron chi connectivity index (χ1n) is 4.73. The summed E-state index contributed by atoms with van der Waals surface area (Å²) in [6.45, 7) is 3.75. The summed E-state index contributed by atoms with van der Waals surface area (Å²) in [7, 11) is 0. The van der Waals surface area contributed by atoms with Gasteiger partial charge in [0.1, 0.15) is 0 Å². The number of hydrogen-bond acceptors (Lipinski definition) is 4. The average Bonchev–Trinajstić information content (AvgIpc) is 2.26. The van der Waals surface area contributed by atoms with Crippen molar-refractivity contribution in [1.82, 2.24) is 5.48 Å². The number of carbonyl (C=O) groups is 1. The van der Waals surface area contributed by atoms with Crippen molar-refractivity contribution >= 4 is 11.6 Å². The van der Waals surface area contributed by atoms with E-state index in [0.29, 0.717) is 12.2 Å². The van der Waals surface area contributed by atoms with Crippen LogP contribution in [0.1, 0.15) is 22.8 Å². The summed E-state index contributed by atoms with van der Waals surface area (Å²) >= 11 is 0. The lowest BCUT2D eigenvalue weighted by molar-refractivity contribution is -0.384. The predicted octanol–water partition coefficient (Wildman–Crippen LogP) is 1.58. The van der Waals surface area contributed by atoms with Crippen LogP contribution in [0, 0.1) is 17.0 Å². The third-order valence-electron chi connectivity index (χ3n) is 1.99. The molecule has 0 unspecified atom stereocenters. The van der Waals surface area contributed by atoms with Crippen LogP contribution >= 0.6 is 0 Å². The number of nitro groups is 1. The van der Waals surface area contributed by atoms with Gasteiger partial charge in [-0.25, -0.2) is 5.48 Å². The third kappa shape index (κ3) is 2.77. The second-order valence-electron chi connectivity index (χ2n) is 3.12. The largest absolute Gasteiger partial charge is 0.275 e. The number of carbonyl (C=O) groups excluding carboxylic acids is 1. The second-order valence-corrected chi connectivity index (χ2v) is 3.12. The highest BCUT2D eigenvalue weighted by atomic mass is 16.6. The van der Waals surface area contributed by atoms with Crippen molar-refractivity contribution in [2.45, 2.75) is 13.8 Å². The highest BCUT2D eigenvalue weighted by Gasteiger charge is 2.14. The predicted molar refractivity (Wildman–Crippen MR) is 56.9 cm³/mol. The number of nitrogens with one attached hydrogen (secondary N) is 1. The lowest BCUT2D eigenvalue weighted by Crippen LogP contribution is -2.24. The number of non-ortho nitro benzene ring substituents is 1. The van der Waals surface area contributed by atoms with Crippen molar-refractivity contribution in [1.29, 1.82) is 0 Å². The first-order valence-corrected chi connectivity index (χ1v) is 4.73. The van der Waals surface area contributed by atoms with Gasteiger partial charge in [-0.05, 0) is 19.4 Å². The van der Waals surface area contributed by atoms with Gasteiger partial charge >= 0.3 is 0 Å². The maximum absolute atomic E-state index is 11.5. The van der Waals surface area contributed by atoms with Crippen molar-refractivity contribution in [3.05, 3.63) is 39.4 Å². The van der Waals surface area contributed by atoms with E-state index in [-0.39, 0.29) is 11.3 Å². The molecule has 1 amide bonds. The molecule has 0 aliphatic carbocycles. The maximum Gasteiger partial charge on any atom is 0.275 e. The summed E-state index contributed by atoms with van der Waals surface area (Å²) in [4.78, 5) is 26.3. The molecule has 1 aromatic carbocycles. The molecule has 0 aliphatic heterocycles. The third-order valence-corrected chi connectivity index (χ3v) is 1.99. The summed E-state index contributed by atoms with van der Waals surface area (Å²) in [5, 5.41) is 10.5. The number of amides is 1. The Balaban J connectivity index is 2.97. The Kier molecular flexibility index (Phi) is 3.96. The van der Waals surface area contributed by atoms with Gasteiger partial charge in [0.15, 0.2) is 0 Å². The highest BCUT2D eigenvalue weighted by Crippen LogP contribution is 2.17. The minimum atomic E-state index is -0.545. The minimum absolute atomic E-state index is 0.118. The molecule has 0 saturated carbocycles. The van der Waals surface area contributed by atoms with Gasteiger partial charge in [0.25, 0.3) is 11.6 Å². The van der Waals surface area contributed by atoms with E-state index < -0.39 is 10.8 Å². The Morgan fingerprint density at radius 1 is 1.56 bits per heavy atom. The van der Waals surface area contributed by atoms with Crippen molar-refractivity contribution < 1.29 is 14.6 Å². The first-order chi connectivity index (χ1) is 7.56. The van der Waals surface area contributed by atoms with Crippen LogP contribution in [0.5, 0.6) is 0 Å². The second kappa shape index (κ2) is 5.22. The summed E-state index contributed by atoms with van der Waals surface area (Å²) in [6.07, 6.45) is 0. The molecule has 0 bridgehead atoms. The van der Waals surface area contributed by atoms with Gasteiger partial charge in [-0.1, -0.05) is 6.07 Å². The zero-order valence-electron chi connectivity index (χ0n) is 9.02. The molecule has 16 heavy (non-hydrogen) atoms. The lowest BCUT2D eigenvalue weighted by atomic mass is 10.1. The molecule has 1 rings (SSSR count). The molecular weight excluding hydrogens is 212 g/mol. The standard InChI is InChI=1S/C10H12N2O4/c1-3-16-11-10(13)9-6-8(12(14)15)5-4-7(9)2/h4-6H,3H2,1-2H3,(H,11,13). The fourth-order valence-electron chi connectivity index (χ4n) is 1.16. The molecule has 1 aromatic rings. The van der Waals surface area contributed by atoms with Crippen molar-refractivity contribution in [2.75, 3.05) is 6.61 Å². The fraction of sp³-hybridized carbons (Fsp3) is 0.300. The van der Waals surface area contributed by atoms with E-state index in [1.54, 1.807) is 13.8 Å². The molecule has 6 nitrogen and oxygen atoms in total. The van der Waals surface area contributed by atoms with Gasteiger partial charge in [-0.15, -0.1) is 0 Å². The van der Waals surface area contributed by atoms with Gasteiger partial charge in [-0.3, -0.25) is 19.7 Å². The number of hydrogen-bond donors (Lipinski definition) is 1. The summed E-state index contributed by atoms with van der Waals surface area (Å²) < 4.78 is 0. The molecule has 0 radical (unpaired) electrons. The molecule has 0 atom stereocenters. The molecule has 0 saturated heterocycles. The monoisotopic (exact) mass is 224 g/mol. The van der Waals surface area contributed by atoms with Crippen molar-refractivity contribution in [2.24, 2.45) is 0 Å². The van der Waals surface area contributed by atoms with Crippen LogP contribution in [-0.2, 0) is 4.84 Å². The molecule has 6 heteroatoms. The Bertz CT molecular complexity index is 417. The molecule has 0 aliphatic rings. The van der Waals surface area contributed by atoms with Crippen LogP contribution in [-0.4, -0.2) is 17.4 Å². The average molecular weight is 224 g/mol. The Morgan fingerprint density at radius 2 is 2.25 bits per heavy atom. The van der Waals surface area contributed by atoms with Crippen molar-refractivity contribution in [3.63, 3.8) is 0 Å². The van der Waals surface area contributed by atoms with Crippen LogP contribution in [0.2, 0.25) is 0 Å². The zero-order chi connectivity index (χ0) is 12.1. The quantitative estimate of drug-likeness (QED) is 0.621. The normalized spacial score (nSPS) is 9.88. The van der Waals surface area contributed by atoms with E-state index in [1.165, 1.54) is 18.2 Å². The van der Waals surface area contributed by atoms with Crippen LogP contribution < -0.4 is 5.48 Å². The minimum Gasteiger partial charge on any atom is -0.274 e. The van der Waals surface area contributed by atoms with Gasteiger partial charge in [0, 0.05) is 12.1 Å². The number of benzene rings is 1. The Morgan fingerprint density at radius 3 is 2.81 bits per heavy atom. The number of rotatable bonds is 4. The maximum atomic E-state index is 11.5.